The molecule has 0 aliphatic carbocycles. The molecule has 100 valence electrons. The lowest BCUT2D eigenvalue weighted by Crippen LogP contribution is -1.90. The zero-order chi connectivity index (χ0) is 13.9. The second kappa shape index (κ2) is 5.68. The molecule has 6 heteroatoms. The zero-order valence-electron chi connectivity index (χ0n) is 10.6. The molecule has 0 aliphatic heterocycles. The maximum absolute atomic E-state index is 5.10. The number of halogens is 1. The van der Waals surface area contributed by atoms with Gasteiger partial charge in [0.05, 0.1) is 12.8 Å². The van der Waals surface area contributed by atoms with Crippen LogP contribution in [0.15, 0.2) is 46.5 Å². The molecule has 2 heterocycles. The SMILES string of the molecule is COc1cc(-c2nc(-c3ccc(Br)cc3)cs2)ncn1. The molecule has 0 bridgehead atoms. The van der Waals surface area contributed by atoms with Gasteiger partial charge in [0, 0.05) is 21.5 Å². The summed E-state index contributed by atoms with van der Waals surface area (Å²) in [5, 5.41) is 2.87. The molecule has 0 unspecified atom stereocenters. The summed E-state index contributed by atoms with van der Waals surface area (Å²) in [6.07, 6.45) is 1.48. The summed E-state index contributed by atoms with van der Waals surface area (Å²) < 4.78 is 6.15. The van der Waals surface area contributed by atoms with Crippen molar-refractivity contribution in [1.82, 2.24) is 15.0 Å². The van der Waals surface area contributed by atoms with Crippen LogP contribution in [0.25, 0.3) is 22.0 Å². The molecule has 0 saturated carbocycles. The van der Waals surface area contributed by atoms with Crippen molar-refractivity contribution >= 4 is 27.3 Å². The highest BCUT2D eigenvalue weighted by Crippen LogP contribution is 2.29. The van der Waals surface area contributed by atoms with Crippen LogP contribution >= 0.6 is 27.3 Å². The molecule has 1 aromatic carbocycles. The number of thiazole rings is 1. The Labute approximate surface area is 128 Å². The fourth-order valence-electron chi connectivity index (χ4n) is 1.71. The van der Waals surface area contributed by atoms with Gasteiger partial charge >= 0.3 is 0 Å². The van der Waals surface area contributed by atoms with Crippen LogP contribution in [0.5, 0.6) is 5.88 Å². The van der Waals surface area contributed by atoms with Gasteiger partial charge in [-0.25, -0.2) is 15.0 Å². The molecule has 0 spiro atoms. The van der Waals surface area contributed by atoms with E-state index in [0.29, 0.717) is 5.88 Å². The summed E-state index contributed by atoms with van der Waals surface area (Å²) in [5.74, 6) is 0.537. The molecule has 0 aliphatic rings. The van der Waals surface area contributed by atoms with Crippen LogP contribution in [0.2, 0.25) is 0 Å². The summed E-state index contributed by atoms with van der Waals surface area (Å²) >= 11 is 4.98. The minimum atomic E-state index is 0.537. The summed E-state index contributed by atoms with van der Waals surface area (Å²) in [6, 6.07) is 9.85. The molecule has 4 nitrogen and oxygen atoms in total. The first-order chi connectivity index (χ1) is 9.76. The minimum Gasteiger partial charge on any atom is -0.481 e. The maximum Gasteiger partial charge on any atom is 0.216 e. The van der Waals surface area contributed by atoms with Gasteiger partial charge in [-0.1, -0.05) is 28.1 Å². The predicted octanol–water partition coefficient (Wildman–Crippen LogP) is 4.04. The van der Waals surface area contributed by atoms with Crippen LogP contribution < -0.4 is 4.74 Å². The van der Waals surface area contributed by atoms with Gasteiger partial charge in [0.15, 0.2) is 0 Å². The van der Waals surface area contributed by atoms with Crippen LogP contribution in [-0.2, 0) is 0 Å². The number of hydrogen-bond acceptors (Lipinski definition) is 5. The van der Waals surface area contributed by atoms with Gasteiger partial charge in [0.1, 0.15) is 17.0 Å². The first-order valence-corrected chi connectivity index (χ1v) is 7.51. The van der Waals surface area contributed by atoms with Gasteiger partial charge in [-0.15, -0.1) is 11.3 Å². The second-order valence-corrected chi connectivity index (χ2v) is 5.76. The lowest BCUT2D eigenvalue weighted by Gasteiger charge is -1.99. The number of rotatable bonds is 3. The number of ether oxygens (including phenoxy) is 1. The molecule has 2 aromatic heterocycles. The van der Waals surface area contributed by atoms with Crippen molar-refractivity contribution in [1.29, 1.82) is 0 Å². The van der Waals surface area contributed by atoms with E-state index in [1.807, 2.05) is 29.6 Å². The molecule has 0 amide bonds. The molecule has 3 aromatic rings. The Morgan fingerprint density at radius 3 is 2.65 bits per heavy atom. The Morgan fingerprint density at radius 2 is 1.90 bits per heavy atom. The first-order valence-electron chi connectivity index (χ1n) is 5.84. The van der Waals surface area contributed by atoms with Gasteiger partial charge < -0.3 is 4.74 Å². The van der Waals surface area contributed by atoms with E-state index in [1.165, 1.54) is 6.33 Å². The van der Waals surface area contributed by atoms with E-state index in [2.05, 4.69) is 30.9 Å². The average molecular weight is 348 g/mol. The Balaban J connectivity index is 1.95. The molecule has 0 fully saturated rings. The van der Waals surface area contributed by atoms with Gasteiger partial charge in [0.2, 0.25) is 5.88 Å². The van der Waals surface area contributed by atoms with Crippen LogP contribution in [0.3, 0.4) is 0 Å². The third-order valence-corrected chi connectivity index (χ3v) is 4.11. The zero-order valence-corrected chi connectivity index (χ0v) is 13.0. The topological polar surface area (TPSA) is 47.9 Å². The first kappa shape index (κ1) is 13.2. The molecule has 0 radical (unpaired) electrons. The van der Waals surface area contributed by atoms with Gasteiger partial charge in [-0.2, -0.15) is 0 Å². The van der Waals surface area contributed by atoms with Crippen molar-refractivity contribution < 1.29 is 4.74 Å². The van der Waals surface area contributed by atoms with E-state index < -0.39 is 0 Å². The lowest BCUT2D eigenvalue weighted by atomic mass is 10.2. The second-order valence-electron chi connectivity index (χ2n) is 3.99. The number of aromatic nitrogens is 3. The summed E-state index contributed by atoms with van der Waals surface area (Å²) in [7, 11) is 1.58. The number of methoxy groups -OCH3 is 1. The minimum absolute atomic E-state index is 0.537. The Kier molecular flexibility index (Phi) is 3.75. The third kappa shape index (κ3) is 2.71. The standard InChI is InChI=1S/C14H10BrN3OS/c1-19-13-6-11(16-8-17-13)14-18-12(7-20-14)9-2-4-10(15)5-3-9/h2-8H,1H3. The highest BCUT2D eigenvalue weighted by Gasteiger charge is 2.09. The van der Waals surface area contributed by atoms with Crippen molar-refractivity contribution in [3.8, 4) is 27.8 Å². The summed E-state index contributed by atoms with van der Waals surface area (Å²) in [4.78, 5) is 12.8. The highest BCUT2D eigenvalue weighted by atomic mass is 79.9. The fraction of sp³-hybridized carbons (Fsp3) is 0.0714. The third-order valence-electron chi connectivity index (χ3n) is 2.71. The van der Waals surface area contributed by atoms with Crippen molar-refractivity contribution in [2.75, 3.05) is 7.11 Å². The summed E-state index contributed by atoms with van der Waals surface area (Å²) in [5.41, 5.74) is 2.79. The van der Waals surface area contributed by atoms with Crippen LogP contribution in [0.4, 0.5) is 0 Å². The maximum atomic E-state index is 5.10. The molecule has 20 heavy (non-hydrogen) atoms. The normalized spacial score (nSPS) is 10.5. The van der Waals surface area contributed by atoms with E-state index >= 15 is 0 Å². The molecule has 0 saturated heterocycles. The Bertz CT molecular complexity index is 727. The Hall–Kier alpha value is -1.79. The fourth-order valence-corrected chi connectivity index (χ4v) is 2.77. The lowest BCUT2D eigenvalue weighted by molar-refractivity contribution is 0.397. The van der Waals surface area contributed by atoms with Crippen LogP contribution in [-0.4, -0.2) is 22.1 Å². The van der Waals surface area contributed by atoms with Crippen LogP contribution in [0.1, 0.15) is 0 Å². The van der Waals surface area contributed by atoms with E-state index in [4.69, 9.17) is 4.74 Å². The molecule has 0 N–H and O–H groups in total. The molecular formula is C14H10BrN3OS. The predicted molar refractivity (Wildman–Crippen MR) is 82.8 cm³/mol. The quantitative estimate of drug-likeness (QED) is 0.717. The van der Waals surface area contributed by atoms with Crippen LogP contribution in [0, 0.1) is 0 Å². The van der Waals surface area contributed by atoms with Crippen molar-refractivity contribution in [3.63, 3.8) is 0 Å². The van der Waals surface area contributed by atoms with Crippen molar-refractivity contribution in [2.45, 2.75) is 0 Å². The van der Waals surface area contributed by atoms with E-state index in [9.17, 15) is 0 Å². The molecule has 0 atom stereocenters. The largest absolute Gasteiger partial charge is 0.481 e. The van der Waals surface area contributed by atoms with E-state index in [0.717, 1.165) is 26.4 Å². The van der Waals surface area contributed by atoms with E-state index in [1.54, 1.807) is 24.5 Å². The van der Waals surface area contributed by atoms with Gasteiger partial charge in [-0.3, -0.25) is 0 Å². The smallest absolute Gasteiger partial charge is 0.216 e. The van der Waals surface area contributed by atoms with E-state index in [-0.39, 0.29) is 0 Å². The Morgan fingerprint density at radius 1 is 1.10 bits per heavy atom. The molecule has 3 rings (SSSR count). The monoisotopic (exact) mass is 347 g/mol. The summed E-state index contributed by atoms with van der Waals surface area (Å²) in [6.45, 7) is 0. The number of nitrogens with zero attached hydrogens (tertiary/aromatic N) is 3. The van der Waals surface area contributed by atoms with Gasteiger partial charge in [0.25, 0.3) is 0 Å². The number of benzene rings is 1. The van der Waals surface area contributed by atoms with Gasteiger partial charge in [-0.05, 0) is 12.1 Å². The molecular weight excluding hydrogens is 338 g/mol. The average Bonchev–Trinajstić information content (AvgIpc) is 2.98. The van der Waals surface area contributed by atoms with Crippen molar-refractivity contribution in [2.24, 2.45) is 0 Å². The number of hydrogen-bond donors (Lipinski definition) is 0. The highest BCUT2D eigenvalue weighted by molar-refractivity contribution is 9.10. The van der Waals surface area contributed by atoms with Crippen molar-refractivity contribution in [3.05, 3.63) is 46.5 Å².